The Kier molecular flexibility index (Phi) is 4.73. The first-order valence-electron chi connectivity index (χ1n) is 10.9. The zero-order valence-electron chi connectivity index (χ0n) is 16.4. The van der Waals surface area contributed by atoms with E-state index >= 15 is 0 Å². The Hall–Kier alpha value is -1.04. The second-order valence-electron chi connectivity index (χ2n) is 9.50. The zero-order valence-corrected chi connectivity index (χ0v) is 17.2. The molecule has 0 radical (unpaired) electrons. The molecule has 4 saturated carbocycles. The molecule has 1 aromatic rings. The molecule has 148 valence electrons. The van der Waals surface area contributed by atoms with Crippen molar-refractivity contribution in [3.05, 3.63) is 5.89 Å². The summed E-state index contributed by atoms with van der Waals surface area (Å²) in [7, 11) is 0. The van der Waals surface area contributed by atoms with Crippen LogP contribution in [-0.4, -0.2) is 39.3 Å². The first-order valence-corrected chi connectivity index (χ1v) is 11.9. The second kappa shape index (κ2) is 7.09. The molecule has 4 aliphatic carbocycles. The predicted molar refractivity (Wildman–Crippen MR) is 105 cm³/mol. The number of rotatable bonds is 5. The van der Waals surface area contributed by atoms with Crippen LogP contribution in [0.3, 0.4) is 0 Å². The Morgan fingerprint density at radius 1 is 1.15 bits per heavy atom. The molecule has 1 aromatic heterocycles. The van der Waals surface area contributed by atoms with Gasteiger partial charge in [0.15, 0.2) is 0 Å². The van der Waals surface area contributed by atoms with Crippen molar-refractivity contribution in [1.29, 1.82) is 0 Å². The van der Waals surface area contributed by atoms with Crippen LogP contribution in [0.15, 0.2) is 9.64 Å². The molecule has 1 amide bonds. The maximum Gasteiger partial charge on any atom is 0.277 e. The van der Waals surface area contributed by atoms with Gasteiger partial charge in [0.1, 0.15) is 0 Å². The molecule has 0 aromatic carbocycles. The van der Waals surface area contributed by atoms with Crippen LogP contribution in [0.1, 0.15) is 77.0 Å². The van der Waals surface area contributed by atoms with E-state index in [1.807, 2.05) is 0 Å². The molecular formula is C21H31N3O2S. The molecule has 6 rings (SSSR count). The molecule has 0 spiro atoms. The van der Waals surface area contributed by atoms with E-state index in [2.05, 4.69) is 22.0 Å². The third-order valence-electron chi connectivity index (χ3n) is 7.64. The van der Waals surface area contributed by atoms with Crippen molar-refractivity contribution in [2.75, 3.05) is 12.3 Å². The molecule has 5 aliphatic rings. The van der Waals surface area contributed by atoms with Crippen LogP contribution >= 0.6 is 11.8 Å². The number of likely N-dealkylation sites (tertiary alicyclic amines) is 1. The summed E-state index contributed by atoms with van der Waals surface area (Å²) in [6.45, 7) is 3.08. The number of carbonyl (C=O) groups is 1. The Bertz CT molecular complexity index is 668. The van der Waals surface area contributed by atoms with E-state index in [4.69, 9.17) is 4.42 Å². The largest absolute Gasteiger partial charge is 0.415 e. The fourth-order valence-corrected chi connectivity index (χ4v) is 7.46. The normalized spacial score (nSPS) is 37.7. The standard InChI is InChI=1S/C21H31N3O2S/c1-2-17-5-3-4-6-24(17)18(25)13-27-20-23-22-19(26-20)21-10-14-7-15(11-21)9-16(8-14)12-21/h14-17H,2-13H2,1H3/t14?,15?,16?,17-,21?/m0/s1. The van der Waals surface area contributed by atoms with Crippen LogP contribution in [0.5, 0.6) is 0 Å². The van der Waals surface area contributed by atoms with Gasteiger partial charge in [-0.15, -0.1) is 10.2 Å². The van der Waals surface area contributed by atoms with E-state index in [0.29, 0.717) is 17.0 Å². The highest BCUT2D eigenvalue weighted by Crippen LogP contribution is 2.60. The minimum Gasteiger partial charge on any atom is -0.415 e. The zero-order chi connectivity index (χ0) is 18.4. The van der Waals surface area contributed by atoms with E-state index < -0.39 is 0 Å². The summed E-state index contributed by atoms with van der Waals surface area (Å²) in [5.41, 5.74) is 0.144. The lowest BCUT2D eigenvalue weighted by Crippen LogP contribution is -2.48. The minimum absolute atomic E-state index is 0.144. The maximum atomic E-state index is 12.7. The van der Waals surface area contributed by atoms with Crippen molar-refractivity contribution >= 4 is 17.7 Å². The van der Waals surface area contributed by atoms with Crippen LogP contribution in [0.4, 0.5) is 0 Å². The highest BCUT2D eigenvalue weighted by atomic mass is 32.2. The SMILES string of the molecule is CC[C@H]1CCCCN1C(=O)CSc1nnc(C23CC4CC(CC(C4)C2)C3)o1. The molecule has 1 saturated heterocycles. The summed E-state index contributed by atoms with van der Waals surface area (Å²) >= 11 is 1.43. The molecular weight excluding hydrogens is 358 g/mol. The third kappa shape index (κ3) is 3.32. The summed E-state index contributed by atoms with van der Waals surface area (Å²) in [6.07, 6.45) is 12.5. The summed E-state index contributed by atoms with van der Waals surface area (Å²) < 4.78 is 6.13. The van der Waals surface area contributed by atoms with Crippen LogP contribution in [0.25, 0.3) is 0 Å². The van der Waals surface area contributed by atoms with Crippen LogP contribution in [0.2, 0.25) is 0 Å². The van der Waals surface area contributed by atoms with Gasteiger partial charge in [-0.1, -0.05) is 18.7 Å². The van der Waals surface area contributed by atoms with E-state index in [1.54, 1.807) is 0 Å². The van der Waals surface area contributed by atoms with Gasteiger partial charge in [-0.05, 0) is 82.0 Å². The molecule has 5 nitrogen and oxygen atoms in total. The maximum absolute atomic E-state index is 12.7. The molecule has 1 aliphatic heterocycles. The average molecular weight is 390 g/mol. The fourth-order valence-electron chi connectivity index (χ4n) is 6.81. The summed E-state index contributed by atoms with van der Waals surface area (Å²) in [5.74, 6) is 4.10. The van der Waals surface area contributed by atoms with Crippen LogP contribution in [0, 0.1) is 17.8 Å². The monoisotopic (exact) mass is 389 g/mol. The lowest BCUT2D eigenvalue weighted by Gasteiger charge is -2.55. The lowest BCUT2D eigenvalue weighted by atomic mass is 9.49. The third-order valence-corrected chi connectivity index (χ3v) is 8.44. The smallest absolute Gasteiger partial charge is 0.277 e. The van der Waals surface area contributed by atoms with E-state index in [0.717, 1.165) is 49.5 Å². The predicted octanol–water partition coefficient (Wildman–Crippen LogP) is 4.42. The number of amides is 1. The van der Waals surface area contributed by atoms with Gasteiger partial charge in [0.25, 0.3) is 5.22 Å². The van der Waals surface area contributed by atoms with Crippen molar-refractivity contribution in [2.45, 2.75) is 87.8 Å². The number of thioether (sulfide) groups is 1. The van der Waals surface area contributed by atoms with Crippen molar-refractivity contribution in [2.24, 2.45) is 17.8 Å². The molecule has 5 fully saturated rings. The van der Waals surface area contributed by atoms with Crippen molar-refractivity contribution in [3.8, 4) is 0 Å². The Morgan fingerprint density at radius 3 is 2.52 bits per heavy atom. The van der Waals surface area contributed by atoms with E-state index in [-0.39, 0.29) is 11.3 Å². The van der Waals surface area contributed by atoms with E-state index in [9.17, 15) is 4.79 Å². The number of aromatic nitrogens is 2. The highest BCUT2D eigenvalue weighted by Gasteiger charge is 2.54. The number of nitrogens with zero attached hydrogens (tertiary/aromatic N) is 3. The Balaban J connectivity index is 1.23. The van der Waals surface area contributed by atoms with Gasteiger partial charge in [-0.3, -0.25) is 4.79 Å². The molecule has 6 heteroatoms. The van der Waals surface area contributed by atoms with Crippen molar-refractivity contribution < 1.29 is 9.21 Å². The molecule has 0 unspecified atom stereocenters. The quantitative estimate of drug-likeness (QED) is 0.698. The second-order valence-corrected chi connectivity index (χ2v) is 10.4. The summed E-state index contributed by atoms with van der Waals surface area (Å²) in [6, 6.07) is 0.414. The average Bonchev–Trinajstić information content (AvgIpc) is 3.15. The number of carbonyl (C=O) groups excluding carboxylic acids is 1. The Labute approximate surface area is 166 Å². The van der Waals surface area contributed by atoms with Gasteiger partial charge in [0.2, 0.25) is 11.8 Å². The van der Waals surface area contributed by atoms with Crippen molar-refractivity contribution in [1.82, 2.24) is 15.1 Å². The number of piperidine rings is 1. The first kappa shape index (κ1) is 18.0. The van der Waals surface area contributed by atoms with Gasteiger partial charge in [0.05, 0.1) is 5.75 Å². The van der Waals surface area contributed by atoms with Gasteiger partial charge in [0, 0.05) is 18.0 Å². The first-order chi connectivity index (χ1) is 13.1. The molecule has 1 atom stereocenters. The lowest BCUT2D eigenvalue weighted by molar-refractivity contribution is -0.132. The van der Waals surface area contributed by atoms with Crippen LogP contribution in [-0.2, 0) is 10.2 Å². The topological polar surface area (TPSA) is 59.2 Å². The van der Waals surface area contributed by atoms with Crippen LogP contribution < -0.4 is 0 Å². The fraction of sp³-hybridized carbons (Fsp3) is 0.857. The molecule has 0 N–H and O–H groups in total. The molecule has 2 heterocycles. The summed E-state index contributed by atoms with van der Waals surface area (Å²) in [5, 5.41) is 9.35. The number of hydrogen-bond donors (Lipinski definition) is 0. The minimum atomic E-state index is 0.144. The molecule has 27 heavy (non-hydrogen) atoms. The van der Waals surface area contributed by atoms with Crippen molar-refractivity contribution in [3.63, 3.8) is 0 Å². The van der Waals surface area contributed by atoms with Gasteiger partial charge >= 0.3 is 0 Å². The van der Waals surface area contributed by atoms with Gasteiger partial charge in [-0.25, -0.2) is 0 Å². The van der Waals surface area contributed by atoms with E-state index in [1.165, 1.54) is 56.7 Å². The highest BCUT2D eigenvalue weighted by molar-refractivity contribution is 7.99. The summed E-state index contributed by atoms with van der Waals surface area (Å²) in [4.78, 5) is 14.8. The molecule has 4 bridgehead atoms. The Morgan fingerprint density at radius 2 is 1.85 bits per heavy atom. The van der Waals surface area contributed by atoms with Gasteiger partial charge < -0.3 is 9.32 Å². The van der Waals surface area contributed by atoms with Gasteiger partial charge in [-0.2, -0.15) is 0 Å². The number of hydrogen-bond acceptors (Lipinski definition) is 5.